The third-order valence-electron chi connectivity index (χ3n) is 4.59. The molecule has 3 heterocycles. The lowest BCUT2D eigenvalue weighted by atomic mass is 10.2. The van der Waals surface area contributed by atoms with Crippen LogP contribution in [-0.2, 0) is 21.4 Å². The molecular weight excluding hydrogens is 306 g/mol. The largest absolute Gasteiger partial charge is 0.337 e. The minimum atomic E-state index is -3.07. The first-order chi connectivity index (χ1) is 10.5. The zero-order valence-electron chi connectivity index (χ0n) is 12.3. The van der Waals surface area contributed by atoms with E-state index in [1.54, 1.807) is 13.9 Å². The van der Waals surface area contributed by atoms with Crippen LogP contribution in [0.1, 0.15) is 37.4 Å². The van der Waals surface area contributed by atoms with E-state index in [1.165, 1.54) is 0 Å². The fourth-order valence-electron chi connectivity index (χ4n) is 3.00. The third-order valence-corrected chi connectivity index (χ3v) is 6.92. The van der Waals surface area contributed by atoms with Crippen LogP contribution in [0.2, 0.25) is 0 Å². The summed E-state index contributed by atoms with van der Waals surface area (Å²) in [7, 11) is -3.07. The molecular formula is C13H19N5O3S. The van der Waals surface area contributed by atoms with Crippen LogP contribution in [0.3, 0.4) is 0 Å². The summed E-state index contributed by atoms with van der Waals surface area (Å²) < 4.78 is 27.4. The Labute approximate surface area is 129 Å². The molecule has 1 saturated carbocycles. The number of hydrogen-bond donors (Lipinski definition) is 0. The molecule has 8 nitrogen and oxygen atoms in total. The first kappa shape index (κ1) is 14.1. The molecule has 0 aromatic carbocycles. The highest BCUT2D eigenvalue weighted by Crippen LogP contribution is 2.35. The summed E-state index contributed by atoms with van der Waals surface area (Å²) in [5.74, 6) is 0.167. The van der Waals surface area contributed by atoms with Crippen molar-refractivity contribution in [1.29, 1.82) is 0 Å². The van der Waals surface area contributed by atoms with Crippen LogP contribution in [0.4, 0.5) is 0 Å². The van der Waals surface area contributed by atoms with Gasteiger partial charge < -0.3 is 4.90 Å². The van der Waals surface area contributed by atoms with Gasteiger partial charge in [-0.2, -0.15) is 4.31 Å². The minimum Gasteiger partial charge on any atom is -0.337 e. The molecule has 1 aromatic heterocycles. The fraction of sp³-hybridized carbons (Fsp3) is 0.769. The van der Waals surface area contributed by atoms with Crippen LogP contribution >= 0.6 is 0 Å². The van der Waals surface area contributed by atoms with Gasteiger partial charge in [0, 0.05) is 26.1 Å². The van der Waals surface area contributed by atoms with Gasteiger partial charge >= 0.3 is 0 Å². The van der Waals surface area contributed by atoms with Crippen molar-refractivity contribution in [3.63, 3.8) is 0 Å². The Morgan fingerprint density at radius 3 is 2.68 bits per heavy atom. The van der Waals surface area contributed by atoms with E-state index in [0.717, 1.165) is 31.5 Å². The maximum Gasteiger partial charge on any atom is 0.222 e. The van der Waals surface area contributed by atoms with Gasteiger partial charge in [-0.15, -0.1) is 5.10 Å². The van der Waals surface area contributed by atoms with Crippen molar-refractivity contribution in [1.82, 2.24) is 24.2 Å². The van der Waals surface area contributed by atoms with Crippen molar-refractivity contribution in [3.05, 3.63) is 11.9 Å². The van der Waals surface area contributed by atoms with Crippen molar-refractivity contribution in [2.24, 2.45) is 0 Å². The molecule has 0 atom stereocenters. The zero-order valence-corrected chi connectivity index (χ0v) is 13.1. The zero-order chi connectivity index (χ0) is 15.3. The van der Waals surface area contributed by atoms with Crippen molar-refractivity contribution in [3.8, 4) is 0 Å². The molecule has 1 amide bonds. The van der Waals surface area contributed by atoms with Crippen LogP contribution in [0.15, 0.2) is 6.20 Å². The SMILES string of the molecule is O=C1CCCN1Cc1cn(C2CN(S(=O)(=O)C3CC3)C2)nn1. The molecule has 9 heteroatoms. The van der Waals surface area contributed by atoms with E-state index in [4.69, 9.17) is 0 Å². The Hall–Kier alpha value is -1.48. The molecule has 2 saturated heterocycles. The highest BCUT2D eigenvalue weighted by Gasteiger charge is 2.45. The number of sulfonamides is 1. The average Bonchev–Trinajstić information content (AvgIpc) is 3.08. The second-order valence-electron chi connectivity index (χ2n) is 6.32. The second-order valence-corrected chi connectivity index (χ2v) is 8.54. The van der Waals surface area contributed by atoms with E-state index >= 15 is 0 Å². The molecule has 3 aliphatic rings. The van der Waals surface area contributed by atoms with Crippen LogP contribution in [-0.4, -0.2) is 63.4 Å². The van der Waals surface area contributed by atoms with E-state index in [1.807, 2.05) is 6.20 Å². The van der Waals surface area contributed by atoms with Crippen LogP contribution in [0.5, 0.6) is 0 Å². The lowest BCUT2D eigenvalue weighted by Crippen LogP contribution is -2.51. The number of carbonyl (C=O) groups excluding carboxylic acids is 1. The summed E-state index contributed by atoms with van der Waals surface area (Å²) in [6.07, 6.45) is 4.94. The number of rotatable bonds is 5. The normalized spacial score (nSPS) is 24.0. The van der Waals surface area contributed by atoms with Gasteiger partial charge in [-0.05, 0) is 19.3 Å². The quantitative estimate of drug-likeness (QED) is 0.745. The Morgan fingerprint density at radius 1 is 1.27 bits per heavy atom. The number of carbonyl (C=O) groups is 1. The molecule has 0 spiro atoms. The van der Waals surface area contributed by atoms with Crippen LogP contribution < -0.4 is 0 Å². The molecule has 22 heavy (non-hydrogen) atoms. The molecule has 2 aliphatic heterocycles. The van der Waals surface area contributed by atoms with Gasteiger partial charge in [-0.3, -0.25) is 4.79 Å². The smallest absolute Gasteiger partial charge is 0.222 e. The van der Waals surface area contributed by atoms with Gasteiger partial charge in [0.25, 0.3) is 0 Å². The maximum absolute atomic E-state index is 12.1. The van der Waals surface area contributed by atoms with Crippen molar-refractivity contribution in [2.75, 3.05) is 19.6 Å². The van der Waals surface area contributed by atoms with E-state index < -0.39 is 10.0 Å². The summed E-state index contributed by atoms with van der Waals surface area (Å²) in [6.45, 7) is 2.23. The second kappa shape index (κ2) is 5.02. The van der Waals surface area contributed by atoms with Gasteiger partial charge in [0.1, 0.15) is 5.69 Å². The minimum absolute atomic E-state index is 0.0593. The van der Waals surface area contributed by atoms with Gasteiger partial charge in [-0.1, -0.05) is 5.21 Å². The summed E-state index contributed by atoms with van der Waals surface area (Å²) in [4.78, 5) is 13.4. The highest BCUT2D eigenvalue weighted by molar-refractivity contribution is 7.90. The highest BCUT2D eigenvalue weighted by atomic mass is 32.2. The molecule has 0 bridgehead atoms. The van der Waals surface area contributed by atoms with E-state index in [2.05, 4.69) is 10.3 Å². The standard InChI is InChI=1S/C13H19N5O3S/c19-13-2-1-5-16(13)6-10-7-18(15-14-10)11-8-17(9-11)22(20,21)12-3-4-12/h7,11-12H,1-6,8-9H2. The molecule has 120 valence electrons. The molecule has 0 radical (unpaired) electrons. The lowest BCUT2D eigenvalue weighted by Gasteiger charge is -2.37. The summed E-state index contributed by atoms with van der Waals surface area (Å²) >= 11 is 0. The lowest BCUT2D eigenvalue weighted by molar-refractivity contribution is -0.128. The predicted octanol–water partition coefficient (Wildman–Crippen LogP) is -0.251. The summed E-state index contributed by atoms with van der Waals surface area (Å²) in [5.41, 5.74) is 0.763. The van der Waals surface area contributed by atoms with Crippen molar-refractivity contribution in [2.45, 2.75) is 43.5 Å². The maximum atomic E-state index is 12.1. The molecule has 1 aliphatic carbocycles. The van der Waals surface area contributed by atoms with Gasteiger partial charge in [-0.25, -0.2) is 13.1 Å². The number of likely N-dealkylation sites (tertiary alicyclic amines) is 1. The van der Waals surface area contributed by atoms with Crippen LogP contribution in [0.25, 0.3) is 0 Å². The first-order valence-corrected chi connectivity index (χ1v) is 9.22. The van der Waals surface area contributed by atoms with Crippen LogP contribution in [0, 0.1) is 0 Å². The Kier molecular flexibility index (Phi) is 3.23. The Balaban J connectivity index is 1.36. The number of hydrogen-bond acceptors (Lipinski definition) is 5. The third kappa shape index (κ3) is 2.41. The topological polar surface area (TPSA) is 88.4 Å². The fourth-order valence-corrected chi connectivity index (χ4v) is 4.91. The number of aromatic nitrogens is 3. The van der Waals surface area contributed by atoms with E-state index in [-0.39, 0.29) is 17.2 Å². The van der Waals surface area contributed by atoms with E-state index in [9.17, 15) is 13.2 Å². The van der Waals surface area contributed by atoms with E-state index in [0.29, 0.717) is 26.1 Å². The Bertz CT molecular complexity index is 690. The summed E-state index contributed by atoms with van der Waals surface area (Å²) in [6, 6.07) is 0.0593. The number of nitrogens with zero attached hydrogens (tertiary/aromatic N) is 5. The van der Waals surface area contributed by atoms with Crippen molar-refractivity contribution < 1.29 is 13.2 Å². The summed E-state index contributed by atoms with van der Waals surface area (Å²) in [5, 5.41) is 8.04. The first-order valence-electron chi connectivity index (χ1n) is 7.71. The number of amides is 1. The van der Waals surface area contributed by atoms with Gasteiger partial charge in [0.15, 0.2) is 0 Å². The molecule has 3 fully saturated rings. The monoisotopic (exact) mass is 325 g/mol. The molecule has 1 aromatic rings. The predicted molar refractivity (Wildman–Crippen MR) is 77.2 cm³/mol. The van der Waals surface area contributed by atoms with Gasteiger partial charge in [0.2, 0.25) is 15.9 Å². The molecule has 4 rings (SSSR count). The molecule has 0 N–H and O–H groups in total. The Morgan fingerprint density at radius 2 is 2.05 bits per heavy atom. The van der Waals surface area contributed by atoms with Crippen molar-refractivity contribution >= 4 is 15.9 Å². The molecule has 0 unspecified atom stereocenters. The van der Waals surface area contributed by atoms with Gasteiger partial charge in [0.05, 0.1) is 24.0 Å². The average molecular weight is 325 g/mol.